The fraction of sp³-hybridized carbons (Fsp3) is 0.0526. The highest BCUT2D eigenvalue weighted by molar-refractivity contribution is 7.92. The summed E-state index contributed by atoms with van der Waals surface area (Å²) >= 11 is 0. The zero-order valence-corrected chi connectivity index (χ0v) is 13.9. The number of nitrogens with one attached hydrogen (secondary N) is 1. The minimum absolute atomic E-state index is 0.190. The smallest absolute Gasteiger partial charge is 0.261 e. The van der Waals surface area contributed by atoms with Gasteiger partial charge in [-0.15, -0.1) is 0 Å². The molecule has 0 heterocycles. The molecule has 0 aliphatic rings. The molecule has 0 fully saturated rings. The largest absolute Gasteiger partial charge is 0.508 e. The second-order valence-corrected chi connectivity index (χ2v) is 7.23. The highest BCUT2D eigenvalue weighted by atomic mass is 32.2. The Balaban J connectivity index is 1.89. The van der Waals surface area contributed by atoms with Gasteiger partial charge < -0.3 is 5.11 Å². The van der Waals surface area contributed by atoms with E-state index in [0.29, 0.717) is 5.69 Å². The van der Waals surface area contributed by atoms with Gasteiger partial charge in [0.15, 0.2) is 0 Å². The zero-order valence-electron chi connectivity index (χ0n) is 13.1. The first-order valence-electron chi connectivity index (χ1n) is 7.43. The zero-order chi connectivity index (χ0) is 17.2. The van der Waals surface area contributed by atoms with E-state index >= 15 is 0 Å². The average Bonchev–Trinajstić information content (AvgIpc) is 2.56. The molecule has 0 bridgehead atoms. The number of aryl methyl sites for hydroxylation is 1. The molecule has 5 heteroatoms. The summed E-state index contributed by atoms with van der Waals surface area (Å²) in [6.07, 6.45) is 0. The molecule has 3 aromatic carbocycles. The number of sulfonamides is 1. The summed E-state index contributed by atoms with van der Waals surface area (Å²) in [7, 11) is -3.63. The van der Waals surface area contributed by atoms with Gasteiger partial charge in [0.1, 0.15) is 5.75 Å². The summed E-state index contributed by atoms with van der Waals surface area (Å²) in [5.74, 6) is 0.190. The first kappa shape index (κ1) is 16.1. The summed E-state index contributed by atoms with van der Waals surface area (Å²) in [5.41, 5.74) is 3.24. The van der Waals surface area contributed by atoms with Crippen LogP contribution in [0.2, 0.25) is 0 Å². The minimum Gasteiger partial charge on any atom is -0.508 e. The molecule has 0 saturated heterocycles. The molecule has 3 rings (SSSR count). The van der Waals surface area contributed by atoms with Crippen LogP contribution in [0.15, 0.2) is 77.7 Å². The number of phenols is 1. The van der Waals surface area contributed by atoms with Gasteiger partial charge in [0, 0.05) is 5.69 Å². The summed E-state index contributed by atoms with van der Waals surface area (Å²) < 4.78 is 27.5. The molecule has 0 unspecified atom stereocenters. The van der Waals surface area contributed by atoms with E-state index in [0.717, 1.165) is 16.7 Å². The van der Waals surface area contributed by atoms with Crippen LogP contribution in [0.1, 0.15) is 5.56 Å². The van der Waals surface area contributed by atoms with Crippen LogP contribution in [-0.4, -0.2) is 13.5 Å². The van der Waals surface area contributed by atoms with E-state index in [4.69, 9.17) is 0 Å². The number of benzene rings is 3. The predicted octanol–water partition coefficient (Wildman–Crippen LogP) is 4.17. The standard InChI is InChI=1S/C19H17NO3S/c1-14-5-11-19(12-6-14)24(22,23)20-17-4-2-3-16(13-17)15-7-9-18(21)10-8-15/h2-13,20-21H,1H3. The lowest BCUT2D eigenvalue weighted by Crippen LogP contribution is -2.12. The van der Waals surface area contributed by atoms with Crippen molar-refractivity contribution in [2.75, 3.05) is 4.72 Å². The number of phenolic OH excluding ortho intramolecular Hbond substituents is 1. The molecule has 2 N–H and O–H groups in total. The van der Waals surface area contributed by atoms with Crippen LogP contribution >= 0.6 is 0 Å². The number of aromatic hydroxyl groups is 1. The molecule has 0 aliphatic heterocycles. The van der Waals surface area contributed by atoms with Gasteiger partial charge in [-0.1, -0.05) is 42.0 Å². The maximum atomic E-state index is 12.5. The third kappa shape index (κ3) is 3.58. The molecule has 0 aromatic heterocycles. The normalized spacial score (nSPS) is 11.2. The van der Waals surface area contributed by atoms with Crippen molar-refractivity contribution in [2.45, 2.75) is 11.8 Å². The van der Waals surface area contributed by atoms with E-state index in [1.165, 1.54) is 0 Å². The SMILES string of the molecule is Cc1ccc(S(=O)(=O)Nc2cccc(-c3ccc(O)cc3)c2)cc1. The second kappa shape index (κ2) is 6.37. The molecular formula is C19H17NO3S. The van der Waals surface area contributed by atoms with Gasteiger partial charge >= 0.3 is 0 Å². The van der Waals surface area contributed by atoms with Crippen molar-refractivity contribution < 1.29 is 13.5 Å². The average molecular weight is 339 g/mol. The van der Waals surface area contributed by atoms with Crippen molar-refractivity contribution in [3.8, 4) is 16.9 Å². The molecule has 3 aromatic rings. The van der Waals surface area contributed by atoms with Crippen molar-refractivity contribution in [2.24, 2.45) is 0 Å². The number of hydrogen-bond donors (Lipinski definition) is 2. The molecular weight excluding hydrogens is 322 g/mol. The molecule has 24 heavy (non-hydrogen) atoms. The van der Waals surface area contributed by atoms with E-state index in [9.17, 15) is 13.5 Å². The van der Waals surface area contributed by atoms with Gasteiger partial charge in [0.05, 0.1) is 4.90 Å². The third-order valence-electron chi connectivity index (χ3n) is 3.65. The van der Waals surface area contributed by atoms with Crippen molar-refractivity contribution in [3.05, 3.63) is 78.4 Å². The van der Waals surface area contributed by atoms with Gasteiger partial charge in [0.25, 0.3) is 10.0 Å². The van der Waals surface area contributed by atoms with E-state index in [1.807, 2.05) is 13.0 Å². The molecule has 0 aliphatic carbocycles. The first-order valence-corrected chi connectivity index (χ1v) is 8.91. The Bertz CT molecular complexity index is 947. The quantitative estimate of drug-likeness (QED) is 0.750. The van der Waals surface area contributed by atoms with Crippen LogP contribution in [0.5, 0.6) is 5.75 Å². The Hall–Kier alpha value is -2.79. The molecule has 0 saturated carbocycles. The monoisotopic (exact) mass is 339 g/mol. The lowest BCUT2D eigenvalue weighted by Gasteiger charge is -2.10. The van der Waals surface area contributed by atoms with Gasteiger partial charge in [-0.3, -0.25) is 4.72 Å². The van der Waals surface area contributed by atoms with Crippen LogP contribution in [0, 0.1) is 6.92 Å². The van der Waals surface area contributed by atoms with Gasteiger partial charge in [-0.05, 0) is 54.4 Å². The Morgan fingerprint density at radius 3 is 2.17 bits per heavy atom. The fourth-order valence-electron chi connectivity index (χ4n) is 2.35. The molecule has 122 valence electrons. The van der Waals surface area contributed by atoms with Crippen LogP contribution in [0.25, 0.3) is 11.1 Å². The fourth-order valence-corrected chi connectivity index (χ4v) is 3.40. The molecule has 0 atom stereocenters. The van der Waals surface area contributed by atoms with Crippen LogP contribution in [0.4, 0.5) is 5.69 Å². The maximum Gasteiger partial charge on any atom is 0.261 e. The van der Waals surface area contributed by atoms with E-state index in [2.05, 4.69) is 4.72 Å². The second-order valence-electron chi connectivity index (χ2n) is 5.55. The Kier molecular flexibility index (Phi) is 4.27. The van der Waals surface area contributed by atoms with Crippen LogP contribution < -0.4 is 4.72 Å². The van der Waals surface area contributed by atoms with Gasteiger partial charge in [-0.25, -0.2) is 8.42 Å². The van der Waals surface area contributed by atoms with Crippen molar-refractivity contribution >= 4 is 15.7 Å². The Morgan fingerprint density at radius 2 is 1.50 bits per heavy atom. The van der Waals surface area contributed by atoms with Crippen molar-refractivity contribution in [1.29, 1.82) is 0 Å². The van der Waals surface area contributed by atoms with Crippen LogP contribution in [-0.2, 0) is 10.0 Å². The lowest BCUT2D eigenvalue weighted by molar-refractivity contribution is 0.475. The predicted molar refractivity (Wildman–Crippen MR) is 95.5 cm³/mol. The molecule has 0 radical (unpaired) electrons. The van der Waals surface area contributed by atoms with Crippen molar-refractivity contribution in [3.63, 3.8) is 0 Å². The third-order valence-corrected chi connectivity index (χ3v) is 5.04. The van der Waals surface area contributed by atoms with Crippen molar-refractivity contribution in [1.82, 2.24) is 0 Å². The van der Waals surface area contributed by atoms with E-state index in [-0.39, 0.29) is 10.6 Å². The highest BCUT2D eigenvalue weighted by Gasteiger charge is 2.14. The summed E-state index contributed by atoms with van der Waals surface area (Å²) in [6.45, 7) is 1.91. The van der Waals surface area contributed by atoms with Gasteiger partial charge in [-0.2, -0.15) is 0 Å². The van der Waals surface area contributed by atoms with E-state index < -0.39 is 10.0 Å². The first-order chi connectivity index (χ1) is 11.4. The highest BCUT2D eigenvalue weighted by Crippen LogP contribution is 2.25. The molecule has 0 spiro atoms. The van der Waals surface area contributed by atoms with Crippen LogP contribution in [0.3, 0.4) is 0 Å². The Morgan fingerprint density at radius 1 is 0.833 bits per heavy atom. The molecule has 0 amide bonds. The topological polar surface area (TPSA) is 66.4 Å². The summed E-state index contributed by atoms with van der Waals surface area (Å²) in [4.78, 5) is 0.225. The van der Waals surface area contributed by atoms with E-state index in [1.54, 1.807) is 66.7 Å². The summed E-state index contributed by atoms with van der Waals surface area (Å²) in [6, 6.07) is 20.6. The summed E-state index contributed by atoms with van der Waals surface area (Å²) in [5, 5.41) is 9.36. The number of hydrogen-bond acceptors (Lipinski definition) is 3. The van der Waals surface area contributed by atoms with Gasteiger partial charge in [0.2, 0.25) is 0 Å². The number of rotatable bonds is 4. The maximum absolute atomic E-state index is 12.5. The Labute approximate surface area is 141 Å². The number of anilines is 1. The molecule has 4 nitrogen and oxygen atoms in total. The lowest BCUT2D eigenvalue weighted by atomic mass is 10.1. The minimum atomic E-state index is -3.63.